The fraction of sp³-hybridized carbons (Fsp3) is 0.304. The van der Waals surface area contributed by atoms with Gasteiger partial charge in [0.25, 0.3) is 0 Å². The fourth-order valence-corrected chi connectivity index (χ4v) is 4.04. The molecular weight excluding hydrogens is 414 g/mol. The number of nitrogens with one attached hydrogen (secondary N) is 1. The maximum atomic E-state index is 12.5. The number of hydrogen-bond donors (Lipinski definition) is 1. The first-order valence-corrected chi connectivity index (χ1v) is 10.5. The van der Waals surface area contributed by atoms with E-state index in [1.807, 2.05) is 61.7 Å². The molecule has 31 heavy (non-hydrogen) atoms. The van der Waals surface area contributed by atoms with Gasteiger partial charge >= 0.3 is 0 Å². The average molecular weight is 438 g/mol. The summed E-state index contributed by atoms with van der Waals surface area (Å²) in [4.78, 5) is 17.5. The molecule has 0 spiro atoms. The lowest BCUT2D eigenvalue weighted by Crippen LogP contribution is -2.25. The molecule has 1 atom stereocenters. The Hall–Kier alpha value is -3.19. The highest BCUT2D eigenvalue weighted by Crippen LogP contribution is 2.36. The van der Waals surface area contributed by atoms with E-state index in [0.29, 0.717) is 17.4 Å². The van der Waals surface area contributed by atoms with E-state index in [-0.39, 0.29) is 12.3 Å². The number of aromatic nitrogens is 3. The average Bonchev–Trinajstić information content (AvgIpc) is 3.05. The molecule has 0 saturated heterocycles. The largest absolute Gasteiger partial charge is 0.497 e. The Morgan fingerprint density at radius 3 is 2.61 bits per heavy atom. The fourth-order valence-electron chi connectivity index (χ4n) is 3.92. The molecule has 160 valence electrons. The molecule has 2 aromatic carbocycles. The van der Waals surface area contributed by atoms with E-state index in [2.05, 4.69) is 15.5 Å². The summed E-state index contributed by atoms with van der Waals surface area (Å²) in [6.45, 7) is 6.38. The number of rotatable bonds is 5. The summed E-state index contributed by atoms with van der Waals surface area (Å²) < 4.78 is 7.55. The third kappa shape index (κ3) is 3.93. The second-order valence-electron chi connectivity index (χ2n) is 7.44. The number of benzene rings is 2. The van der Waals surface area contributed by atoms with Crippen molar-refractivity contribution in [3.63, 3.8) is 0 Å². The van der Waals surface area contributed by atoms with Crippen LogP contribution in [0.15, 0.2) is 41.4 Å². The minimum Gasteiger partial charge on any atom is -0.497 e. The van der Waals surface area contributed by atoms with E-state index in [1.165, 1.54) is 0 Å². The Labute approximate surface area is 186 Å². The van der Waals surface area contributed by atoms with Gasteiger partial charge in [0.05, 0.1) is 24.9 Å². The van der Waals surface area contributed by atoms with Gasteiger partial charge in [-0.05, 0) is 50.6 Å². The van der Waals surface area contributed by atoms with E-state index in [1.54, 1.807) is 7.11 Å². The Morgan fingerprint density at radius 1 is 1.19 bits per heavy atom. The number of carbonyl (C=O) groups is 1. The smallest absolute Gasteiger partial charge is 0.222 e. The highest BCUT2D eigenvalue weighted by molar-refractivity contribution is 6.30. The van der Waals surface area contributed by atoms with Gasteiger partial charge in [0.1, 0.15) is 17.6 Å². The number of fused-ring (bicyclic) bond motifs is 3. The number of halogens is 1. The predicted octanol–water partition coefficient (Wildman–Crippen LogP) is 3.96. The van der Waals surface area contributed by atoms with Gasteiger partial charge in [-0.1, -0.05) is 23.7 Å². The number of hydrogen-bond acceptors (Lipinski definition) is 5. The number of ether oxygens (including phenoxy) is 1. The van der Waals surface area contributed by atoms with Crippen molar-refractivity contribution in [1.29, 1.82) is 0 Å². The second kappa shape index (κ2) is 8.51. The van der Waals surface area contributed by atoms with Crippen LogP contribution in [0.25, 0.3) is 5.69 Å². The third-order valence-corrected chi connectivity index (χ3v) is 5.54. The molecule has 0 radical (unpaired) electrons. The van der Waals surface area contributed by atoms with Crippen molar-refractivity contribution in [2.45, 2.75) is 33.2 Å². The van der Waals surface area contributed by atoms with Crippen LogP contribution in [0.5, 0.6) is 5.75 Å². The van der Waals surface area contributed by atoms with Crippen LogP contribution in [0.2, 0.25) is 5.02 Å². The summed E-state index contributed by atoms with van der Waals surface area (Å²) in [5.41, 5.74) is 4.48. The van der Waals surface area contributed by atoms with E-state index >= 15 is 0 Å². The monoisotopic (exact) mass is 437 g/mol. The lowest BCUT2D eigenvalue weighted by Gasteiger charge is -2.17. The van der Waals surface area contributed by atoms with Crippen LogP contribution >= 0.6 is 11.6 Å². The Bertz CT molecular complexity index is 1170. The van der Waals surface area contributed by atoms with Crippen molar-refractivity contribution in [3.8, 4) is 11.4 Å². The number of amides is 1. The van der Waals surface area contributed by atoms with Gasteiger partial charge in [-0.3, -0.25) is 14.4 Å². The molecule has 0 bridgehead atoms. The normalized spacial score (nSPS) is 14.9. The van der Waals surface area contributed by atoms with Gasteiger partial charge in [-0.25, -0.2) is 0 Å². The molecule has 2 heterocycles. The predicted molar refractivity (Wildman–Crippen MR) is 121 cm³/mol. The highest BCUT2D eigenvalue weighted by atomic mass is 35.5. The molecule has 8 heteroatoms. The van der Waals surface area contributed by atoms with Crippen molar-refractivity contribution in [2.24, 2.45) is 4.99 Å². The van der Waals surface area contributed by atoms with Gasteiger partial charge in [0.2, 0.25) is 5.91 Å². The Morgan fingerprint density at radius 2 is 1.94 bits per heavy atom. The Kier molecular flexibility index (Phi) is 5.78. The van der Waals surface area contributed by atoms with E-state index < -0.39 is 6.04 Å². The quantitative estimate of drug-likeness (QED) is 0.654. The first kappa shape index (κ1) is 21.1. The molecule has 0 fully saturated rings. The summed E-state index contributed by atoms with van der Waals surface area (Å²) >= 11 is 6.13. The number of nitrogens with zero attached hydrogens (tertiary/aromatic N) is 4. The number of carbonyl (C=O) groups excluding carboxylic acids is 1. The number of aryl methyl sites for hydroxylation is 2. The van der Waals surface area contributed by atoms with Crippen LogP contribution in [0.1, 0.15) is 47.7 Å². The Balaban J connectivity index is 2.00. The molecule has 1 amide bonds. The molecule has 0 saturated carbocycles. The van der Waals surface area contributed by atoms with Crippen molar-refractivity contribution < 1.29 is 9.53 Å². The number of aliphatic imine (C=N–C) groups is 1. The molecule has 7 nitrogen and oxygen atoms in total. The molecule has 1 aromatic heterocycles. The van der Waals surface area contributed by atoms with Crippen LogP contribution in [0.4, 0.5) is 0 Å². The molecule has 1 N–H and O–H groups in total. The SMILES string of the molecule is CCNC(=O)CC1N=C(c2ccc(Cl)cc2)c2cc(OC)cc(C)c2-n2c(C)nnc21. The van der Waals surface area contributed by atoms with Crippen LogP contribution < -0.4 is 10.1 Å². The molecule has 1 aliphatic heterocycles. The van der Waals surface area contributed by atoms with Gasteiger partial charge in [0.15, 0.2) is 5.82 Å². The van der Waals surface area contributed by atoms with E-state index in [9.17, 15) is 4.79 Å². The first-order valence-electron chi connectivity index (χ1n) is 10.1. The van der Waals surface area contributed by atoms with Crippen molar-refractivity contribution in [1.82, 2.24) is 20.1 Å². The second-order valence-corrected chi connectivity index (χ2v) is 7.88. The minimum absolute atomic E-state index is 0.0841. The molecule has 3 aromatic rings. The molecule has 0 aliphatic carbocycles. The summed E-state index contributed by atoms with van der Waals surface area (Å²) in [5.74, 6) is 2.02. The zero-order chi connectivity index (χ0) is 22.1. The van der Waals surface area contributed by atoms with Gasteiger partial charge in [-0.15, -0.1) is 10.2 Å². The lowest BCUT2D eigenvalue weighted by molar-refractivity contribution is -0.121. The zero-order valence-electron chi connectivity index (χ0n) is 17.9. The molecule has 1 aliphatic rings. The van der Waals surface area contributed by atoms with Gasteiger partial charge < -0.3 is 10.1 Å². The lowest BCUT2D eigenvalue weighted by atomic mass is 9.97. The maximum Gasteiger partial charge on any atom is 0.222 e. The molecule has 4 rings (SSSR count). The highest BCUT2D eigenvalue weighted by Gasteiger charge is 2.31. The van der Waals surface area contributed by atoms with Crippen LogP contribution in [0.3, 0.4) is 0 Å². The maximum absolute atomic E-state index is 12.5. The van der Waals surface area contributed by atoms with Crippen LogP contribution in [0, 0.1) is 13.8 Å². The topological polar surface area (TPSA) is 81.4 Å². The molecular formula is C23H24ClN5O2. The van der Waals surface area contributed by atoms with Crippen LogP contribution in [-0.2, 0) is 4.79 Å². The minimum atomic E-state index is -0.490. The summed E-state index contributed by atoms with van der Waals surface area (Å²) in [6.07, 6.45) is 0.174. The van der Waals surface area contributed by atoms with E-state index in [0.717, 1.165) is 39.7 Å². The summed E-state index contributed by atoms with van der Waals surface area (Å²) in [7, 11) is 1.64. The van der Waals surface area contributed by atoms with Crippen molar-refractivity contribution in [3.05, 3.63) is 69.8 Å². The van der Waals surface area contributed by atoms with Gasteiger partial charge in [0, 0.05) is 22.7 Å². The number of methoxy groups -OCH3 is 1. The first-order chi connectivity index (χ1) is 14.9. The third-order valence-electron chi connectivity index (χ3n) is 5.29. The summed E-state index contributed by atoms with van der Waals surface area (Å²) in [5, 5.41) is 12.2. The van der Waals surface area contributed by atoms with Gasteiger partial charge in [-0.2, -0.15) is 0 Å². The van der Waals surface area contributed by atoms with Crippen LogP contribution in [-0.4, -0.2) is 40.0 Å². The zero-order valence-corrected chi connectivity index (χ0v) is 18.7. The summed E-state index contributed by atoms with van der Waals surface area (Å²) in [6, 6.07) is 11.0. The standard InChI is InChI=1S/C23H24ClN5O2/c1-5-25-20(30)12-19-23-28-27-14(3)29(23)22-13(2)10-17(31-4)11-18(22)21(26-19)15-6-8-16(24)9-7-15/h6-11,19H,5,12H2,1-4H3,(H,25,30). The van der Waals surface area contributed by atoms with Crippen molar-refractivity contribution >= 4 is 23.2 Å². The van der Waals surface area contributed by atoms with Crippen molar-refractivity contribution in [2.75, 3.05) is 13.7 Å². The molecule has 1 unspecified atom stereocenters. The van der Waals surface area contributed by atoms with E-state index in [4.69, 9.17) is 21.3 Å².